The summed E-state index contributed by atoms with van der Waals surface area (Å²) in [5.41, 5.74) is 0.793. The van der Waals surface area contributed by atoms with Crippen LogP contribution in [-0.4, -0.2) is 30.5 Å². The van der Waals surface area contributed by atoms with Gasteiger partial charge in [-0.15, -0.1) is 0 Å². The van der Waals surface area contributed by atoms with E-state index in [1.165, 1.54) is 6.08 Å². The summed E-state index contributed by atoms with van der Waals surface area (Å²) in [4.78, 5) is 15.9. The Hall–Kier alpha value is -1.00. The Labute approximate surface area is 95.3 Å². The molecular weight excluding hydrogens is 206 g/mol. The Bertz CT molecular complexity index is 316. The molecule has 0 aromatic rings. The second-order valence-electron chi connectivity index (χ2n) is 4.00. The molecule has 2 aliphatic rings. The molecule has 0 aromatic carbocycles. The Morgan fingerprint density at radius 3 is 3.12 bits per heavy atom. The van der Waals surface area contributed by atoms with Crippen molar-refractivity contribution >= 4 is 11.5 Å². The summed E-state index contributed by atoms with van der Waals surface area (Å²) >= 11 is 0. The fourth-order valence-electron chi connectivity index (χ4n) is 1.92. The maximum Gasteiger partial charge on any atom is 0.191 e. The lowest BCUT2D eigenvalue weighted by atomic mass is 10.1. The van der Waals surface area contributed by atoms with E-state index in [-0.39, 0.29) is 12.1 Å². The van der Waals surface area contributed by atoms with Gasteiger partial charge >= 0.3 is 0 Å². The van der Waals surface area contributed by atoms with Gasteiger partial charge in [0.05, 0.1) is 5.71 Å². The lowest BCUT2D eigenvalue weighted by molar-refractivity contribution is -0.178. The van der Waals surface area contributed by atoms with Crippen LogP contribution in [-0.2, 0) is 14.3 Å². The van der Waals surface area contributed by atoms with Gasteiger partial charge < -0.3 is 9.47 Å². The number of carbonyl (C=O) groups excluding carboxylic acids is 1. The molecule has 0 radical (unpaired) electrons. The highest BCUT2D eigenvalue weighted by Gasteiger charge is 2.28. The summed E-state index contributed by atoms with van der Waals surface area (Å²) in [6, 6.07) is 0. The van der Waals surface area contributed by atoms with Crippen molar-refractivity contribution in [2.45, 2.75) is 45.0 Å². The molecule has 1 fully saturated rings. The zero-order valence-corrected chi connectivity index (χ0v) is 9.52. The predicted octanol–water partition coefficient (Wildman–Crippen LogP) is 1.85. The van der Waals surface area contributed by atoms with Crippen LogP contribution in [0.5, 0.6) is 0 Å². The van der Waals surface area contributed by atoms with Crippen molar-refractivity contribution in [1.29, 1.82) is 0 Å². The normalized spacial score (nSPS) is 30.3. The molecule has 4 nitrogen and oxygen atoms in total. The maximum atomic E-state index is 11.7. The number of ketones is 1. The zero-order chi connectivity index (χ0) is 11.4. The van der Waals surface area contributed by atoms with Crippen LogP contribution in [0.3, 0.4) is 0 Å². The van der Waals surface area contributed by atoms with Crippen molar-refractivity contribution in [2.24, 2.45) is 4.99 Å². The molecule has 0 aliphatic carbocycles. The zero-order valence-electron chi connectivity index (χ0n) is 9.52. The van der Waals surface area contributed by atoms with Gasteiger partial charge in [-0.3, -0.25) is 9.79 Å². The molecule has 88 valence electrons. The van der Waals surface area contributed by atoms with Crippen LogP contribution in [0, 0.1) is 0 Å². The fraction of sp³-hybridized carbons (Fsp3) is 0.667. The van der Waals surface area contributed by atoms with Gasteiger partial charge in [0.25, 0.3) is 0 Å². The summed E-state index contributed by atoms with van der Waals surface area (Å²) in [6.07, 6.45) is 6.00. The van der Waals surface area contributed by atoms with E-state index in [0.717, 1.165) is 38.0 Å². The van der Waals surface area contributed by atoms with E-state index < -0.39 is 6.10 Å². The number of carbonyl (C=O) groups is 1. The topological polar surface area (TPSA) is 47.9 Å². The number of hydrogen-bond acceptors (Lipinski definition) is 4. The third kappa shape index (κ3) is 2.57. The van der Waals surface area contributed by atoms with Gasteiger partial charge in [0.1, 0.15) is 0 Å². The van der Waals surface area contributed by atoms with Crippen molar-refractivity contribution in [3.63, 3.8) is 0 Å². The van der Waals surface area contributed by atoms with Crippen LogP contribution in [0.2, 0.25) is 0 Å². The third-order valence-corrected chi connectivity index (χ3v) is 2.83. The average molecular weight is 223 g/mol. The first-order valence-corrected chi connectivity index (χ1v) is 5.85. The molecule has 2 aliphatic heterocycles. The molecule has 2 atom stereocenters. The van der Waals surface area contributed by atoms with E-state index in [1.54, 1.807) is 6.20 Å². The van der Waals surface area contributed by atoms with Crippen LogP contribution in [0.25, 0.3) is 0 Å². The molecule has 0 spiro atoms. The third-order valence-electron chi connectivity index (χ3n) is 2.83. The van der Waals surface area contributed by atoms with Crippen LogP contribution in [0.4, 0.5) is 0 Å². The second-order valence-corrected chi connectivity index (χ2v) is 4.00. The molecule has 2 unspecified atom stereocenters. The van der Waals surface area contributed by atoms with Gasteiger partial charge in [-0.05, 0) is 25.7 Å². The van der Waals surface area contributed by atoms with Gasteiger partial charge in [0, 0.05) is 18.9 Å². The summed E-state index contributed by atoms with van der Waals surface area (Å²) in [6.45, 7) is 2.70. The molecule has 2 rings (SSSR count). The van der Waals surface area contributed by atoms with Gasteiger partial charge in [-0.1, -0.05) is 6.92 Å². The van der Waals surface area contributed by atoms with Crippen LogP contribution in [0.15, 0.2) is 17.3 Å². The molecule has 0 saturated carbocycles. The second kappa shape index (κ2) is 5.37. The number of aliphatic imine (C=N–C) groups is 1. The van der Waals surface area contributed by atoms with Gasteiger partial charge in [-0.25, -0.2) is 0 Å². The van der Waals surface area contributed by atoms with E-state index >= 15 is 0 Å². The summed E-state index contributed by atoms with van der Waals surface area (Å²) < 4.78 is 11.2. The van der Waals surface area contributed by atoms with Crippen LogP contribution in [0.1, 0.15) is 32.6 Å². The van der Waals surface area contributed by atoms with E-state index in [0.29, 0.717) is 0 Å². The molecule has 4 heteroatoms. The van der Waals surface area contributed by atoms with Crippen LogP contribution < -0.4 is 0 Å². The highest BCUT2D eigenvalue weighted by molar-refractivity contribution is 6.14. The molecule has 16 heavy (non-hydrogen) atoms. The number of rotatable bonds is 3. The monoisotopic (exact) mass is 223 g/mol. The molecule has 0 N–H and O–H groups in total. The summed E-state index contributed by atoms with van der Waals surface area (Å²) in [5.74, 6) is -0.0268. The minimum Gasteiger partial charge on any atom is -0.353 e. The highest BCUT2D eigenvalue weighted by Crippen LogP contribution is 2.18. The average Bonchev–Trinajstić information content (AvgIpc) is 2.33. The lowest BCUT2D eigenvalue weighted by Gasteiger charge is -2.27. The van der Waals surface area contributed by atoms with Gasteiger partial charge in [-0.2, -0.15) is 0 Å². The highest BCUT2D eigenvalue weighted by atomic mass is 16.7. The molecule has 0 aromatic heterocycles. The maximum absolute atomic E-state index is 11.7. The smallest absolute Gasteiger partial charge is 0.191 e. The molecule has 0 amide bonds. The van der Waals surface area contributed by atoms with Crippen molar-refractivity contribution in [1.82, 2.24) is 0 Å². The lowest BCUT2D eigenvalue weighted by Crippen LogP contribution is -2.38. The van der Waals surface area contributed by atoms with Crippen LogP contribution >= 0.6 is 0 Å². The first-order valence-electron chi connectivity index (χ1n) is 5.85. The molecule has 1 saturated heterocycles. The number of nitrogens with zero attached hydrogens (tertiary/aromatic N) is 1. The molecule has 2 heterocycles. The van der Waals surface area contributed by atoms with Gasteiger partial charge in [0.2, 0.25) is 0 Å². The van der Waals surface area contributed by atoms with Gasteiger partial charge in [0.15, 0.2) is 18.2 Å². The first kappa shape index (κ1) is 11.5. The van der Waals surface area contributed by atoms with Crippen molar-refractivity contribution in [3.8, 4) is 0 Å². The van der Waals surface area contributed by atoms with Crippen molar-refractivity contribution in [2.75, 3.05) is 6.61 Å². The summed E-state index contributed by atoms with van der Waals surface area (Å²) in [5, 5.41) is 0. The first-order chi connectivity index (χ1) is 7.81. The largest absolute Gasteiger partial charge is 0.353 e. The van der Waals surface area contributed by atoms with E-state index in [4.69, 9.17) is 9.47 Å². The SMILES string of the molecule is CCC1=NC=CC(=O)C1OC1CCCCO1. The summed E-state index contributed by atoms with van der Waals surface area (Å²) in [7, 11) is 0. The quantitative estimate of drug-likeness (QED) is 0.733. The standard InChI is InChI=1S/C12H17NO3/c1-2-9-12(10(14)6-7-13-9)16-11-5-3-4-8-15-11/h6-7,11-12H,2-5,8H2,1H3. The van der Waals surface area contributed by atoms with E-state index in [2.05, 4.69) is 4.99 Å². The fourth-order valence-corrected chi connectivity index (χ4v) is 1.92. The van der Waals surface area contributed by atoms with Crippen molar-refractivity contribution in [3.05, 3.63) is 12.3 Å². The van der Waals surface area contributed by atoms with Crippen molar-refractivity contribution < 1.29 is 14.3 Å². The minimum absolute atomic E-state index is 0.0268. The Morgan fingerprint density at radius 1 is 1.56 bits per heavy atom. The van der Waals surface area contributed by atoms with E-state index in [9.17, 15) is 4.79 Å². The number of ether oxygens (including phenoxy) is 2. The number of hydrogen-bond donors (Lipinski definition) is 0. The molecule has 0 bridgehead atoms. The minimum atomic E-state index is -0.530. The predicted molar refractivity (Wildman–Crippen MR) is 60.3 cm³/mol. The Kier molecular flexibility index (Phi) is 3.85. The van der Waals surface area contributed by atoms with E-state index in [1.807, 2.05) is 6.92 Å². The Balaban J connectivity index is 1.98. The molecular formula is C12H17NO3. The Morgan fingerprint density at radius 2 is 2.44 bits per heavy atom.